The number of carbonyl (C=O) groups excluding carboxylic acids is 2. The van der Waals surface area contributed by atoms with Crippen molar-refractivity contribution in [3.8, 4) is 5.75 Å². The predicted octanol–water partition coefficient (Wildman–Crippen LogP) is 2.15. The lowest BCUT2D eigenvalue weighted by Crippen LogP contribution is -2.10. The van der Waals surface area contributed by atoms with E-state index in [4.69, 9.17) is 9.84 Å². The molecule has 0 aliphatic carbocycles. The molecule has 0 amide bonds. The minimum atomic E-state index is -1.19. The highest BCUT2D eigenvalue weighted by Gasteiger charge is 2.20. The fourth-order valence-electron chi connectivity index (χ4n) is 1.82. The largest absolute Gasteiger partial charge is 0.478 e. The maximum atomic E-state index is 12.4. The third-order valence-electron chi connectivity index (χ3n) is 2.71. The minimum Gasteiger partial charge on any atom is -0.478 e. The fourth-order valence-corrected chi connectivity index (χ4v) is 1.82. The quantitative estimate of drug-likeness (QED) is 0.665. The first-order chi connectivity index (χ1) is 9.65. The molecule has 0 unspecified atom stereocenters. The molecule has 0 aliphatic rings. The third kappa shape index (κ3) is 2.56. The van der Waals surface area contributed by atoms with Crippen molar-refractivity contribution in [3.05, 3.63) is 65.2 Å². The molecule has 20 heavy (non-hydrogen) atoms. The molecule has 5 nitrogen and oxygen atoms in total. The summed E-state index contributed by atoms with van der Waals surface area (Å²) in [6.07, 6.45) is 0. The Morgan fingerprint density at radius 1 is 0.900 bits per heavy atom. The number of hydrogen-bond donors (Lipinski definition) is 1. The van der Waals surface area contributed by atoms with Gasteiger partial charge in [0.25, 0.3) is 6.47 Å². The van der Waals surface area contributed by atoms with E-state index >= 15 is 0 Å². The van der Waals surface area contributed by atoms with Crippen molar-refractivity contribution in [2.24, 2.45) is 0 Å². The number of ether oxygens (including phenoxy) is 1. The van der Waals surface area contributed by atoms with E-state index in [0.717, 1.165) is 0 Å². The van der Waals surface area contributed by atoms with Gasteiger partial charge in [0.2, 0.25) is 0 Å². The van der Waals surface area contributed by atoms with Crippen LogP contribution in [-0.2, 0) is 4.79 Å². The highest BCUT2D eigenvalue weighted by Crippen LogP contribution is 2.22. The average molecular weight is 270 g/mol. The van der Waals surface area contributed by atoms with Gasteiger partial charge in [0.15, 0.2) is 5.78 Å². The molecule has 1 N–H and O–H groups in total. The van der Waals surface area contributed by atoms with Crippen LogP contribution in [0.15, 0.2) is 48.5 Å². The molecule has 0 fully saturated rings. The third-order valence-corrected chi connectivity index (χ3v) is 2.71. The molecule has 0 aromatic heterocycles. The number of hydrogen-bond acceptors (Lipinski definition) is 4. The molecule has 0 saturated carbocycles. The summed E-state index contributed by atoms with van der Waals surface area (Å²) in [6.45, 7) is 0.217. The van der Waals surface area contributed by atoms with Gasteiger partial charge in [-0.1, -0.05) is 30.3 Å². The molecule has 0 aliphatic heterocycles. The fraction of sp³-hybridized carbons (Fsp3) is 0. The van der Waals surface area contributed by atoms with Crippen LogP contribution in [0.5, 0.6) is 5.75 Å². The van der Waals surface area contributed by atoms with Gasteiger partial charge in [-0.3, -0.25) is 9.59 Å². The Kier molecular flexibility index (Phi) is 3.91. The van der Waals surface area contributed by atoms with Crippen LogP contribution >= 0.6 is 0 Å². The lowest BCUT2D eigenvalue weighted by Gasteiger charge is -2.08. The molecular weight excluding hydrogens is 260 g/mol. The Morgan fingerprint density at radius 3 is 2.05 bits per heavy atom. The summed E-state index contributed by atoms with van der Waals surface area (Å²) in [5, 5.41) is 9.09. The van der Waals surface area contributed by atoms with E-state index in [1.165, 1.54) is 30.3 Å². The summed E-state index contributed by atoms with van der Waals surface area (Å²) in [6, 6.07) is 12.0. The summed E-state index contributed by atoms with van der Waals surface area (Å²) >= 11 is 0. The van der Waals surface area contributed by atoms with Crippen LogP contribution in [0.25, 0.3) is 0 Å². The van der Waals surface area contributed by atoms with E-state index in [9.17, 15) is 14.4 Å². The van der Waals surface area contributed by atoms with Crippen LogP contribution in [0.2, 0.25) is 0 Å². The standard InChI is InChI=1S/C15H10O5/c16-9-20-13-8-4-3-7-12(13)14(17)10-5-1-2-6-11(10)15(18)19/h1-9H,(H,18,19). The van der Waals surface area contributed by atoms with Crippen LogP contribution in [-0.4, -0.2) is 23.3 Å². The van der Waals surface area contributed by atoms with Crippen LogP contribution in [0, 0.1) is 0 Å². The number of carboxylic acids is 1. The second-order valence-corrected chi connectivity index (χ2v) is 3.89. The molecular formula is C15H10O5. The zero-order valence-electron chi connectivity index (χ0n) is 10.3. The van der Waals surface area contributed by atoms with Crippen molar-refractivity contribution < 1.29 is 24.2 Å². The van der Waals surface area contributed by atoms with Crippen molar-refractivity contribution >= 4 is 18.2 Å². The van der Waals surface area contributed by atoms with E-state index in [2.05, 4.69) is 0 Å². The predicted molar refractivity (Wildman–Crippen MR) is 70.0 cm³/mol. The second-order valence-electron chi connectivity index (χ2n) is 3.89. The van der Waals surface area contributed by atoms with Gasteiger partial charge in [0.1, 0.15) is 5.75 Å². The first-order valence-electron chi connectivity index (χ1n) is 5.71. The Balaban J connectivity index is 2.52. The number of rotatable bonds is 5. The number of carbonyl (C=O) groups is 3. The summed E-state index contributed by atoms with van der Waals surface area (Å²) in [5.41, 5.74) is 0.0775. The van der Waals surface area contributed by atoms with E-state index in [1.54, 1.807) is 18.2 Å². The van der Waals surface area contributed by atoms with Gasteiger partial charge >= 0.3 is 5.97 Å². The number of ketones is 1. The van der Waals surface area contributed by atoms with E-state index in [1.807, 2.05) is 0 Å². The Labute approximate surface area is 114 Å². The lowest BCUT2D eigenvalue weighted by molar-refractivity contribution is -0.120. The van der Waals surface area contributed by atoms with E-state index < -0.39 is 11.8 Å². The van der Waals surface area contributed by atoms with E-state index in [-0.39, 0.29) is 28.9 Å². The topological polar surface area (TPSA) is 80.7 Å². The number of carboxylic acid groups (broad SMARTS) is 1. The monoisotopic (exact) mass is 270 g/mol. The van der Waals surface area contributed by atoms with Gasteiger partial charge < -0.3 is 9.84 Å². The Bertz CT molecular complexity index is 675. The van der Waals surface area contributed by atoms with Crippen molar-refractivity contribution in [3.63, 3.8) is 0 Å². The molecule has 0 heterocycles. The molecule has 0 radical (unpaired) electrons. The van der Waals surface area contributed by atoms with Gasteiger partial charge in [-0.05, 0) is 18.2 Å². The first-order valence-corrected chi connectivity index (χ1v) is 5.71. The second kappa shape index (κ2) is 5.79. The van der Waals surface area contributed by atoms with E-state index in [0.29, 0.717) is 0 Å². The van der Waals surface area contributed by atoms with Gasteiger partial charge in [0.05, 0.1) is 11.1 Å². The smallest absolute Gasteiger partial charge is 0.336 e. The van der Waals surface area contributed by atoms with Gasteiger partial charge in [-0.15, -0.1) is 0 Å². The number of benzene rings is 2. The highest BCUT2D eigenvalue weighted by molar-refractivity contribution is 6.15. The normalized spacial score (nSPS) is 9.80. The maximum absolute atomic E-state index is 12.4. The molecule has 0 spiro atoms. The maximum Gasteiger partial charge on any atom is 0.336 e. The minimum absolute atomic E-state index is 0.0435. The molecule has 2 aromatic rings. The summed E-state index contributed by atoms with van der Waals surface area (Å²) in [5.74, 6) is -1.61. The van der Waals surface area contributed by atoms with Crippen molar-refractivity contribution in [2.45, 2.75) is 0 Å². The molecule has 2 aromatic carbocycles. The number of aromatic carboxylic acids is 1. The highest BCUT2D eigenvalue weighted by atomic mass is 16.5. The Hall–Kier alpha value is -2.95. The SMILES string of the molecule is O=COc1ccccc1C(=O)c1ccccc1C(=O)O. The van der Waals surface area contributed by atoms with Crippen molar-refractivity contribution in [1.82, 2.24) is 0 Å². The summed E-state index contributed by atoms with van der Waals surface area (Å²) in [7, 11) is 0. The van der Waals surface area contributed by atoms with Crippen LogP contribution < -0.4 is 4.74 Å². The number of para-hydroxylation sites is 1. The van der Waals surface area contributed by atoms with Crippen molar-refractivity contribution in [2.75, 3.05) is 0 Å². The van der Waals surface area contributed by atoms with Crippen molar-refractivity contribution in [1.29, 1.82) is 0 Å². The average Bonchev–Trinajstić information content (AvgIpc) is 2.47. The molecule has 0 atom stereocenters. The van der Waals surface area contributed by atoms with Crippen LogP contribution in [0.1, 0.15) is 26.3 Å². The molecule has 0 bridgehead atoms. The van der Waals surface area contributed by atoms with Crippen LogP contribution in [0.4, 0.5) is 0 Å². The zero-order valence-corrected chi connectivity index (χ0v) is 10.3. The molecule has 2 rings (SSSR count). The van der Waals surface area contributed by atoms with Gasteiger partial charge in [-0.25, -0.2) is 4.79 Å². The van der Waals surface area contributed by atoms with Gasteiger partial charge in [0, 0.05) is 5.56 Å². The Morgan fingerprint density at radius 2 is 1.45 bits per heavy atom. The van der Waals surface area contributed by atoms with Crippen LogP contribution in [0.3, 0.4) is 0 Å². The molecule has 0 saturated heterocycles. The molecule has 100 valence electrons. The summed E-state index contributed by atoms with van der Waals surface area (Å²) < 4.78 is 4.73. The van der Waals surface area contributed by atoms with Gasteiger partial charge in [-0.2, -0.15) is 0 Å². The lowest BCUT2D eigenvalue weighted by atomic mass is 9.98. The zero-order chi connectivity index (χ0) is 14.5. The molecule has 5 heteroatoms. The summed E-state index contributed by atoms with van der Waals surface area (Å²) in [4.78, 5) is 34.0. The first kappa shape index (κ1) is 13.5.